The average Bonchev–Trinajstić information content (AvgIpc) is 3.08. The van der Waals surface area contributed by atoms with Gasteiger partial charge in [0.25, 0.3) is 0 Å². The van der Waals surface area contributed by atoms with Gasteiger partial charge in [-0.25, -0.2) is 17.9 Å². The van der Waals surface area contributed by atoms with Gasteiger partial charge < -0.3 is 9.47 Å². The maximum Gasteiger partial charge on any atom is 0.410 e. The van der Waals surface area contributed by atoms with Crippen molar-refractivity contribution in [3.8, 4) is 0 Å². The maximum atomic E-state index is 12.4. The van der Waals surface area contributed by atoms with Crippen LogP contribution in [0.3, 0.4) is 0 Å². The van der Waals surface area contributed by atoms with E-state index in [1.165, 1.54) is 12.7 Å². The SMILES string of the molecule is C=C[C@@H]1C[C@H](NS(C)(=O)=O)[C@H](CO[C@H]2CC[C@@H](c3ccccc3)CC2)N1C(=O)OC. The van der Waals surface area contributed by atoms with Crippen LogP contribution in [0.4, 0.5) is 4.79 Å². The molecule has 2 aliphatic rings. The molecule has 30 heavy (non-hydrogen) atoms. The first-order valence-electron chi connectivity index (χ1n) is 10.4. The zero-order valence-electron chi connectivity index (χ0n) is 17.7. The number of nitrogens with one attached hydrogen (secondary N) is 1. The van der Waals surface area contributed by atoms with Crippen LogP contribution in [-0.4, -0.2) is 63.6 Å². The predicted molar refractivity (Wildman–Crippen MR) is 116 cm³/mol. The van der Waals surface area contributed by atoms with Gasteiger partial charge in [0.15, 0.2) is 0 Å². The number of carbonyl (C=O) groups excluding carboxylic acids is 1. The monoisotopic (exact) mass is 436 g/mol. The predicted octanol–water partition coefficient (Wildman–Crippen LogP) is 3.04. The molecule has 1 saturated carbocycles. The number of sulfonamides is 1. The molecule has 0 spiro atoms. The number of nitrogens with zero attached hydrogens (tertiary/aromatic N) is 1. The van der Waals surface area contributed by atoms with E-state index in [0.29, 0.717) is 12.3 Å². The lowest BCUT2D eigenvalue weighted by atomic mass is 9.83. The number of methoxy groups -OCH3 is 1. The third kappa shape index (κ3) is 5.62. The Hall–Kier alpha value is -1.90. The number of likely N-dealkylation sites (tertiary alicyclic amines) is 1. The molecule has 8 heteroatoms. The molecule has 1 saturated heterocycles. The highest BCUT2D eigenvalue weighted by Gasteiger charge is 2.44. The first kappa shape index (κ1) is 22.8. The molecule has 0 unspecified atom stereocenters. The van der Waals surface area contributed by atoms with Crippen LogP contribution in [-0.2, 0) is 19.5 Å². The van der Waals surface area contributed by atoms with E-state index in [9.17, 15) is 13.2 Å². The Labute approximate surface area is 179 Å². The van der Waals surface area contributed by atoms with Crippen molar-refractivity contribution in [2.24, 2.45) is 0 Å². The molecule has 7 nitrogen and oxygen atoms in total. The van der Waals surface area contributed by atoms with Crippen molar-refractivity contribution in [3.63, 3.8) is 0 Å². The molecule has 1 N–H and O–H groups in total. The highest BCUT2D eigenvalue weighted by Crippen LogP contribution is 2.35. The van der Waals surface area contributed by atoms with Gasteiger partial charge in [-0.05, 0) is 43.6 Å². The summed E-state index contributed by atoms with van der Waals surface area (Å²) in [6.45, 7) is 4.05. The molecular formula is C22H32N2O5S. The maximum absolute atomic E-state index is 12.4. The molecule has 0 radical (unpaired) electrons. The van der Waals surface area contributed by atoms with Gasteiger partial charge in [-0.2, -0.15) is 0 Å². The summed E-state index contributed by atoms with van der Waals surface area (Å²) in [7, 11) is -2.11. The number of benzene rings is 1. The Morgan fingerprint density at radius 3 is 2.47 bits per heavy atom. The summed E-state index contributed by atoms with van der Waals surface area (Å²) in [5.74, 6) is 0.550. The normalized spacial score (nSPS) is 29.5. The van der Waals surface area contributed by atoms with Gasteiger partial charge in [0.05, 0.1) is 38.2 Å². The molecule has 3 rings (SSSR count). The van der Waals surface area contributed by atoms with E-state index in [-0.39, 0.29) is 18.8 Å². The zero-order valence-corrected chi connectivity index (χ0v) is 18.5. The molecule has 1 heterocycles. The standard InChI is InChI=1S/C22H32N2O5S/c1-4-18-14-20(23-30(3,26)27)21(24(18)22(25)28-2)15-29-19-12-10-17(11-13-19)16-8-6-5-7-9-16/h4-9,17-21,23H,1,10-15H2,2-3H3/t17-,18-,19+,20+,21+/m1/s1. The number of carbonyl (C=O) groups is 1. The first-order chi connectivity index (χ1) is 14.3. The van der Waals surface area contributed by atoms with Gasteiger partial charge in [-0.15, -0.1) is 6.58 Å². The van der Waals surface area contributed by atoms with E-state index in [4.69, 9.17) is 9.47 Å². The highest BCUT2D eigenvalue weighted by atomic mass is 32.2. The Morgan fingerprint density at radius 1 is 1.23 bits per heavy atom. The van der Waals surface area contributed by atoms with Crippen molar-refractivity contribution in [2.45, 2.75) is 62.3 Å². The van der Waals surface area contributed by atoms with Crippen molar-refractivity contribution in [2.75, 3.05) is 20.0 Å². The summed E-state index contributed by atoms with van der Waals surface area (Å²) in [5, 5.41) is 0. The number of amides is 1. The van der Waals surface area contributed by atoms with Crippen molar-refractivity contribution >= 4 is 16.1 Å². The summed E-state index contributed by atoms with van der Waals surface area (Å²) >= 11 is 0. The van der Waals surface area contributed by atoms with Gasteiger partial charge in [0.2, 0.25) is 10.0 Å². The smallest absolute Gasteiger partial charge is 0.410 e. The number of rotatable bonds is 7. The molecule has 1 aliphatic carbocycles. The minimum absolute atomic E-state index is 0.103. The Morgan fingerprint density at radius 2 is 1.90 bits per heavy atom. The van der Waals surface area contributed by atoms with Crippen molar-refractivity contribution in [3.05, 3.63) is 48.6 Å². The summed E-state index contributed by atoms with van der Waals surface area (Å²) in [6.07, 6.45) is 6.82. The summed E-state index contributed by atoms with van der Waals surface area (Å²) in [5.41, 5.74) is 1.37. The zero-order chi connectivity index (χ0) is 21.7. The summed E-state index contributed by atoms with van der Waals surface area (Å²) in [6, 6.07) is 9.34. The molecule has 1 aromatic carbocycles. The Bertz CT molecular complexity index is 821. The first-order valence-corrected chi connectivity index (χ1v) is 12.3. The van der Waals surface area contributed by atoms with Gasteiger partial charge >= 0.3 is 6.09 Å². The fourth-order valence-corrected chi connectivity index (χ4v) is 5.48. The molecule has 3 atom stereocenters. The lowest BCUT2D eigenvalue weighted by molar-refractivity contribution is -0.00759. The van der Waals surface area contributed by atoms with Crippen molar-refractivity contribution in [1.29, 1.82) is 0 Å². The second kappa shape index (κ2) is 9.94. The van der Waals surface area contributed by atoms with Crippen LogP contribution in [0.2, 0.25) is 0 Å². The molecular weight excluding hydrogens is 404 g/mol. The minimum Gasteiger partial charge on any atom is -0.453 e. The Kier molecular flexibility index (Phi) is 7.55. The molecule has 0 bridgehead atoms. The van der Waals surface area contributed by atoms with E-state index in [1.807, 2.05) is 6.07 Å². The molecule has 1 aliphatic heterocycles. The molecule has 1 aromatic rings. The van der Waals surface area contributed by atoms with Crippen molar-refractivity contribution in [1.82, 2.24) is 9.62 Å². The quantitative estimate of drug-likeness (QED) is 0.664. The third-order valence-corrected chi connectivity index (χ3v) is 6.88. The molecule has 1 amide bonds. The van der Waals surface area contributed by atoms with Crippen molar-refractivity contribution < 1.29 is 22.7 Å². The van der Waals surface area contributed by atoms with Crippen LogP contribution in [0.25, 0.3) is 0 Å². The van der Waals surface area contributed by atoms with Gasteiger partial charge in [-0.3, -0.25) is 4.90 Å². The number of hydrogen-bond donors (Lipinski definition) is 1. The average molecular weight is 437 g/mol. The number of ether oxygens (including phenoxy) is 2. The van der Waals surface area contributed by atoms with Gasteiger partial charge in [0, 0.05) is 6.04 Å². The fourth-order valence-electron chi connectivity index (χ4n) is 4.68. The topological polar surface area (TPSA) is 84.9 Å². The second-order valence-corrected chi connectivity index (χ2v) is 9.98. The number of hydrogen-bond acceptors (Lipinski definition) is 5. The van der Waals surface area contributed by atoms with E-state index >= 15 is 0 Å². The van der Waals surface area contributed by atoms with E-state index in [1.54, 1.807) is 11.0 Å². The summed E-state index contributed by atoms with van der Waals surface area (Å²) < 4.78 is 37.5. The fraction of sp³-hybridized carbons (Fsp3) is 0.591. The van der Waals surface area contributed by atoms with E-state index < -0.39 is 28.2 Å². The summed E-state index contributed by atoms with van der Waals surface area (Å²) in [4.78, 5) is 13.9. The van der Waals surface area contributed by atoms with E-state index in [2.05, 4.69) is 35.6 Å². The molecule has 166 valence electrons. The second-order valence-electron chi connectivity index (χ2n) is 8.20. The lowest BCUT2D eigenvalue weighted by Gasteiger charge is -2.33. The third-order valence-electron chi connectivity index (χ3n) is 6.15. The van der Waals surface area contributed by atoms with Crippen LogP contribution in [0.15, 0.2) is 43.0 Å². The van der Waals surface area contributed by atoms with Crippen LogP contribution in [0, 0.1) is 0 Å². The van der Waals surface area contributed by atoms with Crippen LogP contribution in [0.1, 0.15) is 43.6 Å². The van der Waals surface area contributed by atoms with Crippen LogP contribution < -0.4 is 4.72 Å². The minimum atomic E-state index is -3.43. The molecule has 0 aromatic heterocycles. The molecule has 2 fully saturated rings. The van der Waals surface area contributed by atoms with Gasteiger partial charge in [0.1, 0.15) is 0 Å². The van der Waals surface area contributed by atoms with Crippen LogP contribution in [0.5, 0.6) is 0 Å². The largest absolute Gasteiger partial charge is 0.453 e. The van der Waals surface area contributed by atoms with Gasteiger partial charge in [-0.1, -0.05) is 36.4 Å². The lowest BCUT2D eigenvalue weighted by Crippen LogP contribution is -2.50. The Balaban J connectivity index is 1.63. The van der Waals surface area contributed by atoms with E-state index in [0.717, 1.165) is 31.9 Å². The highest BCUT2D eigenvalue weighted by molar-refractivity contribution is 7.88. The van der Waals surface area contributed by atoms with Crippen LogP contribution >= 0.6 is 0 Å².